The van der Waals surface area contributed by atoms with Crippen LogP contribution in [0.2, 0.25) is 0 Å². The van der Waals surface area contributed by atoms with E-state index in [2.05, 4.69) is 10.4 Å². The number of amides is 1. The number of furan rings is 1. The molecule has 0 saturated carbocycles. The molecule has 6 heteroatoms. The van der Waals surface area contributed by atoms with Crippen molar-refractivity contribution >= 4 is 11.6 Å². The molecule has 0 spiro atoms. The van der Waals surface area contributed by atoms with Crippen LogP contribution in [0.3, 0.4) is 0 Å². The van der Waals surface area contributed by atoms with Gasteiger partial charge in [0.25, 0.3) is 5.91 Å². The normalized spacial score (nSPS) is 10.8. The number of aryl methyl sites for hydroxylation is 1. The fourth-order valence-electron chi connectivity index (χ4n) is 3.00. The number of nitrogens with zero attached hydrogens (tertiary/aromatic N) is 2. The maximum atomic E-state index is 12.6. The van der Waals surface area contributed by atoms with Crippen molar-refractivity contribution in [3.8, 4) is 5.69 Å². The number of rotatable bonds is 7. The van der Waals surface area contributed by atoms with E-state index in [4.69, 9.17) is 9.15 Å². The number of hydrogen-bond donors (Lipinski definition) is 1. The second kappa shape index (κ2) is 8.58. The van der Waals surface area contributed by atoms with Gasteiger partial charge in [0.05, 0.1) is 18.6 Å². The first kappa shape index (κ1) is 18.7. The molecule has 0 aliphatic rings. The van der Waals surface area contributed by atoms with Crippen LogP contribution in [-0.4, -0.2) is 15.7 Å². The van der Waals surface area contributed by atoms with E-state index >= 15 is 0 Å². The third-order valence-corrected chi connectivity index (χ3v) is 4.48. The van der Waals surface area contributed by atoms with Crippen LogP contribution in [0.1, 0.15) is 27.4 Å². The van der Waals surface area contributed by atoms with Crippen molar-refractivity contribution in [1.82, 2.24) is 9.78 Å². The van der Waals surface area contributed by atoms with Crippen LogP contribution in [0.25, 0.3) is 5.69 Å². The standard InChI is InChI=1S/C23H21N3O3/c1-17-11-12-24-26(17)21-9-7-19(8-10-21)23(27)25-20-5-2-4-18(14-20)15-28-16-22-6-3-13-29-22/h2-14H,15-16H2,1H3,(H,25,27). The highest BCUT2D eigenvalue weighted by Crippen LogP contribution is 2.16. The van der Waals surface area contributed by atoms with Crippen molar-refractivity contribution in [2.45, 2.75) is 20.1 Å². The van der Waals surface area contributed by atoms with Crippen LogP contribution < -0.4 is 5.32 Å². The molecule has 0 saturated heterocycles. The quantitative estimate of drug-likeness (QED) is 0.497. The number of carbonyl (C=O) groups is 1. The van der Waals surface area contributed by atoms with Crippen LogP contribution in [0.15, 0.2) is 83.6 Å². The number of nitrogens with one attached hydrogen (secondary N) is 1. The van der Waals surface area contributed by atoms with Gasteiger partial charge in [-0.15, -0.1) is 0 Å². The molecular formula is C23H21N3O3. The summed E-state index contributed by atoms with van der Waals surface area (Å²) < 4.78 is 12.7. The fourth-order valence-corrected chi connectivity index (χ4v) is 3.00. The minimum absolute atomic E-state index is 0.164. The number of carbonyl (C=O) groups excluding carboxylic acids is 1. The number of benzene rings is 2. The molecule has 1 amide bonds. The second-order valence-electron chi connectivity index (χ2n) is 6.66. The van der Waals surface area contributed by atoms with E-state index in [0.717, 1.165) is 28.4 Å². The van der Waals surface area contributed by atoms with Gasteiger partial charge >= 0.3 is 0 Å². The summed E-state index contributed by atoms with van der Waals surface area (Å²) in [6.45, 7) is 2.83. The lowest BCUT2D eigenvalue weighted by Crippen LogP contribution is -2.12. The van der Waals surface area contributed by atoms with Crippen LogP contribution in [0.4, 0.5) is 5.69 Å². The van der Waals surface area contributed by atoms with Crippen molar-refractivity contribution in [2.24, 2.45) is 0 Å². The van der Waals surface area contributed by atoms with Gasteiger partial charge < -0.3 is 14.5 Å². The molecule has 2 aromatic carbocycles. The Kier molecular flexibility index (Phi) is 5.54. The molecule has 0 aliphatic heterocycles. The second-order valence-corrected chi connectivity index (χ2v) is 6.66. The molecule has 0 aliphatic carbocycles. The van der Waals surface area contributed by atoms with E-state index in [9.17, 15) is 4.79 Å². The molecule has 2 heterocycles. The lowest BCUT2D eigenvalue weighted by atomic mass is 10.1. The molecule has 4 rings (SSSR count). The largest absolute Gasteiger partial charge is 0.467 e. The van der Waals surface area contributed by atoms with E-state index < -0.39 is 0 Å². The van der Waals surface area contributed by atoms with Crippen molar-refractivity contribution < 1.29 is 13.9 Å². The molecule has 146 valence electrons. The molecule has 2 aromatic heterocycles. The first-order valence-corrected chi connectivity index (χ1v) is 9.30. The molecule has 0 radical (unpaired) electrons. The van der Waals surface area contributed by atoms with Crippen LogP contribution in [0.5, 0.6) is 0 Å². The summed E-state index contributed by atoms with van der Waals surface area (Å²) in [5.74, 6) is 0.616. The van der Waals surface area contributed by atoms with E-state index in [-0.39, 0.29) is 5.91 Å². The van der Waals surface area contributed by atoms with Gasteiger partial charge in [-0.3, -0.25) is 4.79 Å². The smallest absolute Gasteiger partial charge is 0.255 e. The van der Waals surface area contributed by atoms with E-state index in [1.165, 1.54) is 0 Å². The van der Waals surface area contributed by atoms with Crippen molar-refractivity contribution in [2.75, 3.05) is 5.32 Å². The Balaban J connectivity index is 1.37. The molecule has 29 heavy (non-hydrogen) atoms. The number of aromatic nitrogens is 2. The van der Waals surface area contributed by atoms with Crippen LogP contribution >= 0.6 is 0 Å². The summed E-state index contributed by atoms with van der Waals surface area (Å²) in [5, 5.41) is 7.21. The van der Waals surface area contributed by atoms with Crippen LogP contribution in [-0.2, 0) is 18.0 Å². The van der Waals surface area contributed by atoms with Gasteiger partial charge in [0.1, 0.15) is 12.4 Å². The summed E-state index contributed by atoms with van der Waals surface area (Å²) in [4.78, 5) is 12.6. The Morgan fingerprint density at radius 1 is 1.07 bits per heavy atom. The van der Waals surface area contributed by atoms with Crippen LogP contribution in [0, 0.1) is 6.92 Å². The monoisotopic (exact) mass is 387 g/mol. The number of hydrogen-bond acceptors (Lipinski definition) is 4. The van der Waals surface area contributed by atoms with E-state index in [1.807, 2.05) is 66.2 Å². The average Bonchev–Trinajstić information content (AvgIpc) is 3.40. The highest BCUT2D eigenvalue weighted by atomic mass is 16.5. The lowest BCUT2D eigenvalue weighted by Gasteiger charge is -2.09. The highest BCUT2D eigenvalue weighted by Gasteiger charge is 2.08. The maximum Gasteiger partial charge on any atom is 0.255 e. The van der Waals surface area contributed by atoms with Crippen molar-refractivity contribution in [3.63, 3.8) is 0 Å². The SMILES string of the molecule is Cc1ccnn1-c1ccc(C(=O)Nc2cccc(COCc3ccco3)c2)cc1. The topological polar surface area (TPSA) is 69.3 Å². The average molecular weight is 387 g/mol. The zero-order valence-electron chi connectivity index (χ0n) is 16.0. The van der Waals surface area contributed by atoms with Gasteiger partial charge in [0, 0.05) is 23.1 Å². The Morgan fingerprint density at radius 3 is 2.66 bits per heavy atom. The van der Waals surface area contributed by atoms with Gasteiger partial charge in [-0.2, -0.15) is 5.10 Å². The number of ether oxygens (including phenoxy) is 1. The molecule has 0 unspecified atom stereocenters. The Morgan fingerprint density at radius 2 is 1.93 bits per heavy atom. The Hall–Kier alpha value is -3.64. The highest BCUT2D eigenvalue weighted by molar-refractivity contribution is 6.04. The Labute approximate surface area is 168 Å². The zero-order chi connectivity index (χ0) is 20.1. The summed E-state index contributed by atoms with van der Waals surface area (Å²) in [6.07, 6.45) is 3.37. The van der Waals surface area contributed by atoms with Gasteiger partial charge in [-0.05, 0) is 67.1 Å². The van der Waals surface area contributed by atoms with Gasteiger partial charge in [0.15, 0.2) is 0 Å². The first-order chi connectivity index (χ1) is 14.2. The first-order valence-electron chi connectivity index (χ1n) is 9.30. The summed E-state index contributed by atoms with van der Waals surface area (Å²) >= 11 is 0. The van der Waals surface area contributed by atoms with Crippen molar-refractivity contribution in [1.29, 1.82) is 0 Å². The molecule has 0 fully saturated rings. The minimum atomic E-state index is -0.164. The molecule has 1 N–H and O–H groups in total. The molecule has 6 nitrogen and oxygen atoms in total. The van der Waals surface area contributed by atoms with Gasteiger partial charge in [0.2, 0.25) is 0 Å². The molecule has 0 atom stereocenters. The number of anilines is 1. The van der Waals surface area contributed by atoms with Gasteiger partial charge in [-0.25, -0.2) is 4.68 Å². The third kappa shape index (κ3) is 4.62. The Bertz CT molecular complexity index is 1080. The minimum Gasteiger partial charge on any atom is -0.467 e. The van der Waals surface area contributed by atoms with Crippen molar-refractivity contribution in [3.05, 3.63) is 102 Å². The predicted molar refractivity (Wildman–Crippen MR) is 110 cm³/mol. The maximum absolute atomic E-state index is 12.6. The van der Waals surface area contributed by atoms with E-state index in [0.29, 0.717) is 18.8 Å². The summed E-state index contributed by atoms with van der Waals surface area (Å²) in [6, 6.07) is 20.6. The third-order valence-electron chi connectivity index (χ3n) is 4.48. The zero-order valence-corrected chi connectivity index (χ0v) is 16.0. The van der Waals surface area contributed by atoms with Gasteiger partial charge in [-0.1, -0.05) is 12.1 Å². The summed E-state index contributed by atoms with van der Waals surface area (Å²) in [7, 11) is 0. The lowest BCUT2D eigenvalue weighted by molar-refractivity contribution is 0.0929. The summed E-state index contributed by atoms with van der Waals surface area (Å²) in [5.41, 5.74) is 4.23. The van der Waals surface area contributed by atoms with E-state index in [1.54, 1.807) is 24.6 Å². The predicted octanol–water partition coefficient (Wildman–Crippen LogP) is 4.74. The molecule has 0 bridgehead atoms. The fraction of sp³-hybridized carbons (Fsp3) is 0.130. The molecular weight excluding hydrogens is 366 g/mol. The molecule has 4 aromatic rings.